The minimum Gasteiger partial charge on any atom is -0.462 e. The lowest BCUT2D eigenvalue weighted by atomic mass is 10.1. The number of nitrogens with zero attached hydrogens (tertiary/aromatic N) is 1. The van der Waals surface area contributed by atoms with Crippen LogP contribution in [0.3, 0.4) is 0 Å². The molecular weight excluding hydrogens is 272 g/mol. The van der Waals surface area contributed by atoms with Crippen LogP contribution in [0.4, 0.5) is 11.4 Å². The van der Waals surface area contributed by atoms with Crippen LogP contribution in [0.2, 0.25) is 0 Å². The second-order valence-electron chi connectivity index (χ2n) is 4.95. The van der Waals surface area contributed by atoms with Gasteiger partial charge in [0.15, 0.2) is 0 Å². The molecule has 21 heavy (non-hydrogen) atoms. The first kappa shape index (κ1) is 15.6. The average Bonchev–Trinajstić information content (AvgIpc) is 2.90. The van der Waals surface area contributed by atoms with E-state index < -0.39 is 0 Å². The van der Waals surface area contributed by atoms with Crippen molar-refractivity contribution in [2.75, 3.05) is 44.5 Å². The molecule has 2 atom stereocenters. The van der Waals surface area contributed by atoms with Gasteiger partial charge >= 0.3 is 5.97 Å². The van der Waals surface area contributed by atoms with Crippen LogP contribution in [-0.2, 0) is 14.2 Å². The van der Waals surface area contributed by atoms with Gasteiger partial charge in [-0.2, -0.15) is 0 Å². The molecule has 1 aliphatic heterocycles. The highest BCUT2D eigenvalue weighted by atomic mass is 16.5. The third-order valence-electron chi connectivity index (χ3n) is 3.68. The van der Waals surface area contributed by atoms with Gasteiger partial charge in [0.05, 0.1) is 17.9 Å². The number of nitrogen functional groups attached to an aromatic ring is 1. The Bertz CT molecular complexity index is 494. The molecule has 0 aliphatic carbocycles. The topological polar surface area (TPSA) is 74.0 Å². The number of benzene rings is 1. The van der Waals surface area contributed by atoms with E-state index in [-0.39, 0.29) is 18.2 Å². The lowest BCUT2D eigenvalue weighted by molar-refractivity contribution is -0.00461. The summed E-state index contributed by atoms with van der Waals surface area (Å²) in [5.74, 6) is -0.366. The SMILES string of the molecule is CCOC(=O)c1cc(N)ccc1N1CC(OC)C(OC)C1. The first-order valence-corrected chi connectivity index (χ1v) is 6.97. The quantitative estimate of drug-likeness (QED) is 0.651. The van der Waals surface area contributed by atoms with Crippen molar-refractivity contribution in [1.82, 2.24) is 0 Å². The van der Waals surface area contributed by atoms with Gasteiger partial charge in [-0.25, -0.2) is 4.79 Å². The van der Waals surface area contributed by atoms with Gasteiger partial charge in [-0.15, -0.1) is 0 Å². The Hall–Kier alpha value is -1.79. The molecule has 2 rings (SSSR count). The molecule has 116 valence electrons. The smallest absolute Gasteiger partial charge is 0.340 e. The van der Waals surface area contributed by atoms with E-state index in [9.17, 15) is 4.79 Å². The lowest BCUT2D eigenvalue weighted by Gasteiger charge is -2.21. The Morgan fingerprint density at radius 3 is 2.43 bits per heavy atom. The third-order valence-corrected chi connectivity index (χ3v) is 3.68. The van der Waals surface area contributed by atoms with Crippen molar-refractivity contribution in [1.29, 1.82) is 0 Å². The highest BCUT2D eigenvalue weighted by Crippen LogP contribution is 2.29. The molecule has 1 heterocycles. The number of methoxy groups -OCH3 is 2. The van der Waals surface area contributed by atoms with Gasteiger partial charge < -0.3 is 24.8 Å². The van der Waals surface area contributed by atoms with E-state index in [2.05, 4.69) is 4.90 Å². The summed E-state index contributed by atoms with van der Waals surface area (Å²) in [6, 6.07) is 5.27. The molecule has 2 unspecified atom stereocenters. The summed E-state index contributed by atoms with van der Waals surface area (Å²) in [4.78, 5) is 14.2. The Labute approximate surface area is 124 Å². The van der Waals surface area contributed by atoms with Crippen LogP contribution < -0.4 is 10.6 Å². The van der Waals surface area contributed by atoms with Crippen molar-refractivity contribution >= 4 is 17.3 Å². The van der Waals surface area contributed by atoms with Crippen LogP contribution in [-0.4, -0.2) is 52.1 Å². The number of ether oxygens (including phenoxy) is 3. The number of carbonyl (C=O) groups is 1. The summed E-state index contributed by atoms with van der Waals surface area (Å²) >= 11 is 0. The molecule has 0 bridgehead atoms. The van der Waals surface area contributed by atoms with E-state index in [1.165, 1.54) is 0 Å². The van der Waals surface area contributed by atoms with Crippen LogP contribution in [0.5, 0.6) is 0 Å². The monoisotopic (exact) mass is 294 g/mol. The molecule has 6 nitrogen and oxygen atoms in total. The van der Waals surface area contributed by atoms with Gasteiger partial charge in [0.25, 0.3) is 0 Å². The maximum Gasteiger partial charge on any atom is 0.340 e. The number of hydrogen-bond donors (Lipinski definition) is 1. The van der Waals surface area contributed by atoms with Crippen LogP contribution in [0.25, 0.3) is 0 Å². The predicted molar refractivity (Wildman–Crippen MR) is 80.6 cm³/mol. The van der Waals surface area contributed by atoms with E-state index in [1.807, 2.05) is 6.07 Å². The third kappa shape index (κ3) is 3.28. The zero-order valence-corrected chi connectivity index (χ0v) is 12.7. The van der Waals surface area contributed by atoms with Gasteiger partial charge in [-0.1, -0.05) is 0 Å². The van der Waals surface area contributed by atoms with E-state index >= 15 is 0 Å². The molecule has 0 aromatic heterocycles. The highest BCUT2D eigenvalue weighted by Gasteiger charge is 2.34. The second kappa shape index (κ2) is 6.78. The average molecular weight is 294 g/mol. The van der Waals surface area contributed by atoms with Crippen LogP contribution >= 0.6 is 0 Å². The van der Waals surface area contributed by atoms with E-state index in [0.717, 1.165) is 5.69 Å². The second-order valence-corrected chi connectivity index (χ2v) is 4.95. The van der Waals surface area contributed by atoms with Crippen LogP contribution in [0.1, 0.15) is 17.3 Å². The molecule has 1 fully saturated rings. The maximum atomic E-state index is 12.1. The number of anilines is 2. The zero-order valence-electron chi connectivity index (χ0n) is 12.7. The molecule has 0 spiro atoms. The molecule has 2 N–H and O–H groups in total. The number of hydrogen-bond acceptors (Lipinski definition) is 6. The summed E-state index contributed by atoms with van der Waals surface area (Å²) in [7, 11) is 3.32. The van der Waals surface area contributed by atoms with Crippen molar-refractivity contribution in [3.05, 3.63) is 23.8 Å². The van der Waals surface area contributed by atoms with E-state index in [1.54, 1.807) is 33.3 Å². The maximum absolute atomic E-state index is 12.1. The van der Waals surface area contributed by atoms with Gasteiger partial charge in [-0.05, 0) is 25.1 Å². The summed E-state index contributed by atoms with van der Waals surface area (Å²) in [5, 5.41) is 0. The van der Waals surface area contributed by atoms with Crippen molar-refractivity contribution in [2.45, 2.75) is 19.1 Å². The fourth-order valence-corrected chi connectivity index (χ4v) is 2.60. The normalized spacial score (nSPS) is 21.6. The molecule has 1 aromatic carbocycles. The van der Waals surface area contributed by atoms with E-state index in [4.69, 9.17) is 19.9 Å². The van der Waals surface area contributed by atoms with Crippen molar-refractivity contribution in [2.24, 2.45) is 0 Å². The number of carbonyl (C=O) groups excluding carboxylic acids is 1. The number of nitrogens with two attached hydrogens (primary N) is 1. The molecule has 0 amide bonds. The fourth-order valence-electron chi connectivity index (χ4n) is 2.60. The van der Waals surface area contributed by atoms with Gasteiger partial charge in [-0.3, -0.25) is 0 Å². The molecule has 1 aliphatic rings. The first-order valence-electron chi connectivity index (χ1n) is 6.97. The number of rotatable bonds is 5. The molecule has 0 radical (unpaired) electrons. The summed E-state index contributed by atoms with van der Waals surface area (Å²) in [6.45, 7) is 3.42. The largest absolute Gasteiger partial charge is 0.462 e. The van der Waals surface area contributed by atoms with Crippen molar-refractivity contribution in [3.8, 4) is 0 Å². The Balaban J connectivity index is 2.29. The van der Waals surface area contributed by atoms with Crippen molar-refractivity contribution in [3.63, 3.8) is 0 Å². The summed E-state index contributed by atoms with van der Waals surface area (Å²) in [6.07, 6.45) is -0.0507. The molecule has 1 aromatic rings. The standard InChI is InChI=1S/C15H22N2O4/c1-4-21-15(18)11-7-10(16)5-6-12(11)17-8-13(19-2)14(9-17)20-3/h5-7,13-14H,4,8-9,16H2,1-3H3. The van der Waals surface area contributed by atoms with Crippen molar-refractivity contribution < 1.29 is 19.0 Å². The highest BCUT2D eigenvalue weighted by molar-refractivity contribution is 5.97. The van der Waals surface area contributed by atoms with Crippen LogP contribution in [0.15, 0.2) is 18.2 Å². The zero-order chi connectivity index (χ0) is 15.4. The predicted octanol–water partition coefficient (Wildman–Crippen LogP) is 1.30. The molecular formula is C15H22N2O4. The minimum absolute atomic E-state index is 0.0254. The molecule has 6 heteroatoms. The fraction of sp³-hybridized carbons (Fsp3) is 0.533. The lowest BCUT2D eigenvalue weighted by Crippen LogP contribution is -2.27. The molecule has 0 saturated carbocycles. The minimum atomic E-state index is -0.366. The first-order chi connectivity index (χ1) is 10.1. The van der Waals surface area contributed by atoms with Gasteiger partial charge in [0, 0.05) is 33.0 Å². The van der Waals surface area contributed by atoms with Gasteiger partial charge in [0.1, 0.15) is 12.2 Å². The summed E-state index contributed by atoms with van der Waals surface area (Å²) < 4.78 is 16.0. The Kier molecular flexibility index (Phi) is 5.03. The Morgan fingerprint density at radius 2 is 1.90 bits per heavy atom. The summed E-state index contributed by atoms with van der Waals surface area (Å²) in [5.41, 5.74) is 7.60. The Morgan fingerprint density at radius 1 is 1.29 bits per heavy atom. The van der Waals surface area contributed by atoms with Crippen LogP contribution in [0, 0.1) is 0 Å². The molecule has 1 saturated heterocycles. The number of esters is 1. The van der Waals surface area contributed by atoms with E-state index in [0.29, 0.717) is 30.9 Å². The van der Waals surface area contributed by atoms with Gasteiger partial charge in [0.2, 0.25) is 0 Å².